The molecule has 0 aliphatic carbocycles. The Morgan fingerprint density at radius 2 is 0.785 bits per heavy atom. The van der Waals surface area contributed by atoms with Crippen molar-refractivity contribution in [3.05, 3.63) is 36.5 Å². The lowest BCUT2D eigenvalue weighted by Gasteiger charge is -2.22. The van der Waals surface area contributed by atoms with E-state index in [0.29, 0.717) is 25.9 Å². The van der Waals surface area contributed by atoms with Crippen molar-refractivity contribution >= 4 is 11.9 Å². The minimum atomic E-state index is -0.668. The first-order chi connectivity index (χ1) is 32.0. The van der Waals surface area contributed by atoms with Gasteiger partial charge >= 0.3 is 5.97 Å². The third-order valence-corrected chi connectivity index (χ3v) is 13.2. The van der Waals surface area contributed by atoms with E-state index in [2.05, 4.69) is 55.6 Å². The second-order valence-electron chi connectivity index (χ2n) is 19.6. The molecule has 382 valence electrons. The molecule has 6 nitrogen and oxygen atoms in total. The van der Waals surface area contributed by atoms with Gasteiger partial charge in [-0.2, -0.15) is 0 Å². The standard InChI is InChI=1S/C59H111NO5/c1-3-5-7-9-11-13-15-16-17-25-28-32-35-39-43-47-51-57(62)56(55-61)60-58(63)52-48-44-40-36-33-29-26-23-21-19-18-20-22-24-27-30-34-38-42-46-50-54-65-59(64)53-49-45-41-37-31-14-12-10-8-6-4-2/h10,12,30,34,42,46,56-57,61-62H,3-9,11,13-29,31-33,35-41,43-45,47-55H2,1-2H3,(H,60,63)/b12-10-,34-30-,46-42-. The number of hydrogen-bond donors (Lipinski definition) is 3. The average molecular weight is 915 g/mol. The van der Waals surface area contributed by atoms with Crippen molar-refractivity contribution in [1.82, 2.24) is 5.32 Å². The molecule has 2 unspecified atom stereocenters. The van der Waals surface area contributed by atoms with E-state index in [1.54, 1.807) is 0 Å². The normalized spacial score (nSPS) is 12.9. The van der Waals surface area contributed by atoms with Crippen LogP contribution in [0.2, 0.25) is 0 Å². The Bertz CT molecular complexity index is 1060. The van der Waals surface area contributed by atoms with Crippen LogP contribution in [-0.2, 0) is 14.3 Å². The predicted molar refractivity (Wildman–Crippen MR) is 283 cm³/mol. The predicted octanol–water partition coefficient (Wildman–Crippen LogP) is 17.6. The fraction of sp³-hybridized carbons (Fsp3) is 0.864. The Labute approximate surface area is 404 Å². The van der Waals surface area contributed by atoms with E-state index in [0.717, 1.165) is 51.4 Å². The van der Waals surface area contributed by atoms with Gasteiger partial charge in [0.05, 0.1) is 25.4 Å². The molecule has 0 heterocycles. The van der Waals surface area contributed by atoms with E-state index in [4.69, 9.17) is 4.74 Å². The lowest BCUT2D eigenvalue weighted by molar-refractivity contribution is -0.143. The number of hydrogen-bond acceptors (Lipinski definition) is 5. The van der Waals surface area contributed by atoms with E-state index in [9.17, 15) is 19.8 Å². The molecule has 0 aliphatic heterocycles. The molecule has 0 aromatic carbocycles. The molecule has 0 radical (unpaired) electrons. The second-order valence-corrected chi connectivity index (χ2v) is 19.6. The summed E-state index contributed by atoms with van der Waals surface area (Å²) in [6.45, 7) is 4.81. The van der Waals surface area contributed by atoms with Gasteiger partial charge in [0.1, 0.15) is 0 Å². The average Bonchev–Trinajstić information content (AvgIpc) is 3.31. The van der Waals surface area contributed by atoms with E-state index in [1.807, 2.05) is 0 Å². The first-order valence-electron chi connectivity index (χ1n) is 28.7. The molecule has 0 rings (SSSR count). The summed E-state index contributed by atoms with van der Waals surface area (Å²) in [5, 5.41) is 23.3. The number of carbonyl (C=O) groups excluding carboxylic acids is 2. The summed E-state index contributed by atoms with van der Waals surface area (Å²) in [4.78, 5) is 24.4. The van der Waals surface area contributed by atoms with Crippen LogP contribution in [0.5, 0.6) is 0 Å². The van der Waals surface area contributed by atoms with Crippen molar-refractivity contribution in [1.29, 1.82) is 0 Å². The summed E-state index contributed by atoms with van der Waals surface area (Å²) in [6, 6.07) is -0.545. The number of unbranched alkanes of at least 4 members (excludes halogenated alkanes) is 36. The van der Waals surface area contributed by atoms with Gasteiger partial charge in [0.15, 0.2) is 0 Å². The van der Waals surface area contributed by atoms with Crippen molar-refractivity contribution in [3.8, 4) is 0 Å². The largest absolute Gasteiger partial charge is 0.465 e. The molecular formula is C59H111NO5. The minimum Gasteiger partial charge on any atom is -0.465 e. The van der Waals surface area contributed by atoms with Crippen molar-refractivity contribution in [3.63, 3.8) is 0 Å². The quantitative estimate of drug-likeness (QED) is 0.0321. The summed E-state index contributed by atoms with van der Waals surface area (Å²) < 4.78 is 5.39. The van der Waals surface area contributed by atoms with E-state index < -0.39 is 12.1 Å². The Hall–Kier alpha value is -1.92. The molecule has 0 aliphatic rings. The molecule has 0 saturated heterocycles. The number of carbonyl (C=O) groups is 2. The molecule has 0 aromatic heterocycles. The molecule has 0 fully saturated rings. The number of aliphatic hydroxyl groups excluding tert-OH is 2. The number of rotatable bonds is 53. The van der Waals surface area contributed by atoms with Crippen LogP contribution in [0.1, 0.15) is 303 Å². The monoisotopic (exact) mass is 914 g/mol. The van der Waals surface area contributed by atoms with Gasteiger partial charge in [0.25, 0.3) is 0 Å². The van der Waals surface area contributed by atoms with Crippen molar-refractivity contribution in [2.75, 3.05) is 13.2 Å². The van der Waals surface area contributed by atoms with E-state index in [1.165, 1.54) is 218 Å². The van der Waals surface area contributed by atoms with E-state index >= 15 is 0 Å². The smallest absolute Gasteiger partial charge is 0.305 e. The van der Waals surface area contributed by atoms with Crippen LogP contribution in [0.25, 0.3) is 0 Å². The highest BCUT2D eigenvalue weighted by molar-refractivity contribution is 5.76. The molecule has 0 bridgehead atoms. The zero-order valence-corrected chi connectivity index (χ0v) is 43.5. The third kappa shape index (κ3) is 51.3. The fourth-order valence-electron chi connectivity index (χ4n) is 8.75. The van der Waals surface area contributed by atoms with Gasteiger partial charge in [-0.25, -0.2) is 0 Å². The number of allylic oxidation sites excluding steroid dienone is 5. The molecule has 1 amide bonds. The van der Waals surface area contributed by atoms with Gasteiger partial charge in [-0.3, -0.25) is 9.59 Å². The summed E-state index contributed by atoms with van der Waals surface area (Å²) in [5.41, 5.74) is 0. The van der Waals surface area contributed by atoms with Gasteiger partial charge < -0.3 is 20.3 Å². The molecule has 6 heteroatoms. The van der Waals surface area contributed by atoms with Gasteiger partial charge in [-0.05, 0) is 64.2 Å². The number of ether oxygens (including phenoxy) is 1. The van der Waals surface area contributed by atoms with Gasteiger partial charge in [-0.15, -0.1) is 0 Å². The van der Waals surface area contributed by atoms with Crippen LogP contribution in [0.4, 0.5) is 0 Å². The van der Waals surface area contributed by atoms with Crippen LogP contribution in [0.15, 0.2) is 36.5 Å². The molecule has 3 N–H and O–H groups in total. The highest BCUT2D eigenvalue weighted by Gasteiger charge is 2.20. The van der Waals surface area contributed by atoms with Crippen molar-refractivity contribution < 1.29 is 24.5 Å². The van der Waals surface area contributed by atoms with Gasteiger partial charge in [0, 0.05) is 12.8 Å². The van der Waals surface area contributed by atoms with Crippen molar-refractivity contribution in [2.24, 2.45) is 0 Å². The fourth-order valence-corrected chi connectivity index (χ4v) is 8.75. The van der Waals surface area contributed by atoms with Gasteiger partial charge in [-0.1, -0.05) is 262 Å². The zero-order chi connectivity index (χ0) is 47.2. The van der Waals surface area contributed by atoms with Crippen LogP contribution >= 0.6 is 0 Å². The summed E-state index contributed by atoms with van der Waals surface area (Å²) in [7, 11) is 0. The molecule has 0 spiro atoms. The van der Waals surface area contributed by atoms with Crippen molar-refractivity contribution in [2.45, 2.75) is 315 Å². The van der Waals surface area contributed by atoms with Crippen LogP contribution in [-0.4, -0.2) is 47.4 Å². The Kier molecular flexibility index (Phi) is 53.1. The van der Waals surface area contributed by atoms with Crippen LogP contribution < -0.4 is 5.32 Å². The molecule has 0 saturated carbocycles. The number of nitrogens with one attached hydrogen (secondary N) is 1. The zero-order valence-electron chi connectivity index (χ0n) is 43.5. The molecular weight excluding hydrogens is 803 g/mol. The first kappa shape index (κ1) is 63.1. The number of esters is 1. The van der Waals surface area contributed by atoms with Gasteiger partial charge in [0.2, 0.25) is 5.91 Å². The number of aliphatic hydroxyl groups is 2. The Balaban J connectivity index is 3.46. The second kappa shape index (κ2) is 54.7. The Morgan fingerprint density at radius 3 is 1.23 bits per heavy atom. The third-order valence-electron chi connectivity index (χ3n) is 13.2. The van der Waals surface area contributed by atoms with Crippen LogP contribution in [0, 0.1) is 0 Å². The Morgan fingerprint density at radius 1 is 0.431 bits per heavy atom. The molecule has 2 atom stereocenters. The maximum atomic E-state index is 12.5. The lowest BCUT2D eigenvalue weighted by Crippen LogP contribution is -2.45. The molecule has 0 aromatic rings. The minimum absolute atomic E-state index is 0.0387. The summed E-state index contributed by atoms with van der Waals surface area (Å²) in [5.74, 6) is -0.0852. The maximum Gasteiger partial charge on any atom is 0.305 e. The van der Waals surface area contributed by atoms with Crippen LogP contribution in [0.3, 0.4) is 0 Å². The topological polar surface area (TPSA) is 95.9 Å². The van der Waals surface area contributed by atoms with E-state index in [-0.39, 0.29) is 18.5 Å². The first-order valence-corrected chi connectivity index (χ1v) is 28.7. The SMILES string of the molecule is CCCC/C=C\CCCCCCCC(=O)OCC/C=C\C/C=C\CCCCCCCCCCCCCCCCC(=O)NC(CO)C(O)CCCCCCCCCCCCCCCCCC. The maximum absolute atomic E-state index is 12.5. The summed E-state index contributed by atoms with van der Waals surface area (Å²) in [6.07, 6.45) is 67.2. The number of amides is 1. The lowest BCUT2D eigenvalue weighted by atomic mass is 10.0. The highest BCUT2D eigenvalue weighted by atomic mass is 16.5. The summed E-state index contributed by atoms with van der Waals surface area (Å²) >= 11 is 0. The highest BCUT2D eigenvalue weighted by Crippen LogP contribution is 2.17. The molecule has 65 heavy (non-hydrogen) atoms.